The molecule has 0 bridgehead atoms. The summed E-state index contributed by atoms with van der Waals surface area (Å²) in [6.07, 6.45) is 14.4. The van der Waals surface area contributed by atoms with Gasteiger partial charge in [0.05, 0.1) is 0 Å². The van der Waals surface area contributed by atoms with Crippen molar-refractivity contribution in [1.29, 1.82) is 0 Å². The van der Waals surface area contributed by atoms with Crippen molar-refractivity contribution in [2.45, 2.75) is 91.4 Å². The molecule has 0 saturated heterocycles. The molecule has 28 heavy (non-hydrogen) atoms. The highest BCUT2D eigenvalue weighted by Gasteiger charge is 2.60. The summed E-state index contributed by atoms with van der Waals surface area (Å²) in [7, 11) is 0. The molecule has 0 aromatic heterocycles. The molecule has 0 aromatic rings. The van der Waals surface area contributed by atoms with Gasteiger partial charge in [0.15, 0.2) is 0 Å². The number of hydrogen-bond acceptors (Lipinski definition) is 2. The van der Waals surface area contributed by atoms with Gasteiger partial charge in [-0.25, -0.2) is 0 Å². The first-order chi connectivity index (χ1) is 13.5. The van der Waals surface area contributed by atoms with Gasteiger partial charge in [-0.15, -0.1) is 0 Å². The molecule has 0 aromatic carbocycles. The Morgan fingerprint density at radius 1 is 1.04 bits per heavy atom. The fraction of sp³-hybridized carbons (Fsp3) is 0.960. The smallest absolute Gasteiger partial charge is 0.221 e. The van der Waals surface area contributed by atoms with Gasteiger partial charge in [0.2, 0.25) is 5.91 Å². The number of ether oxygens (including phenoxy) is 1. The summed E-state index contributed by atoms with van der Waals surface area (Å²) >= 11 is 0. The van der Waals surface area contributed by atoms with Crippen molar-refractivity contribution in [1.82, 2.24) is 0 Å². The Morgan fingerprint density at radius 2 is 1.86 bits per heavy atom. The lowest BCUT2D eigenvalue weighted by Crippen LogP contribution is -2.58. The van der Waals surface area contributed by atoms with Gasteiger partial charge in [0, 0.05) is 19.1 Å². The molecule has 4 rings (SSSR count). The minimum absolute atomic E-state index is 0.0269. The van der Waals surface area contributed by atoms with Gasteiger partial charge in [-0.2, -0.15) is 0 Å². The summed E-state index contributed by atoms with van der Waals surface area (Å²) in [6.45, 7) is 8.84. The first-order valence-electron chi connectivity index (χ1n) is 12.3. The van der Waals surface area contributed by atoms with Crippen molar-refractivity contribution < 1.29 is 9.53 Å². The van der Waals surface area contributed by atoms with Crippen LogP contribution in [0.15, 0.2) is 0 Å². The van der Waals surface area contributed by atoms with Crippen LogP contribution in [-0.4, -0.2) is 19.1 Å². The first kappa shape index (κ1) is 20.7. The third-order valence-corrected chi connectivity index (χ3v) is 10.3. The molecular weight excluding hydrogens is 346 g/mol. The summed E-state index contributed by atoms with van der Waals surface area (Å²) in [5, 5.41) is 0. The molecule has 4 saturated carbocycles. The largest absolute Gasteiger partial charge is 0.381 e. The van der Waals surface area contributed by atoms with Gasteiger partial charge >= 0.3 is 0 Å². The first-order valence-corrected chi connectivity index (χ1v) is 12.3. The summed E-state index contributed by atoms with van der Waals surface area (Å²) < 4.78 is 5.80. The second-order valence-electron chi connectivity index (χ2n) is 11.0. The Bertz CT molecular complexity index is 577. The van der Waals surface area contributed by atoms with Crippen molar-refractivity contribution in [2.24, 2.45) is 52.1 Å². The van der Waals surface area contributed by atoms with Crippen LogP contribution in [-0.2, 0) is 9.53 Å². The normalized spacial score (nSPS) is 48.2. The molecule has 4 aliphatic carbocycles. The molecule has 0 spiro atoms. The van der Waals surface area contributed by atoms with E-state index in [1.807, 2.05) is 0 Å². The van der Waals surface area contributed by atoms with Crippen LogP contribution in [0.2, 0.25) is 0 Å². The zero-order chi connectivity index (χ0) is 19.9. The van der Waals surface area contributed by atoms with Crippen LogP contribution >= 0.6 is 0 Å². The highest BCUT2D eigenvalue weighted by Crippen LogP contribution is 2.67. The standard InChI is InChI=1S/C25H43NO2/c1-4-25-14-11-17(16-28-5-2)15-18(25)9-10-19-20-7-6-8-22(23(26)27)24(20,3)13-12-21(19)25/h17-22H,4-16H2,1-3H3,(H2,26,27)/t17-,18?,19?,20?,21?,22+,24-,25-/m0/s1. The van der Waals surface area contributed by atoms with E-state index in [0.717, 1.165) is 49.2 Å². The van der Waals surface area contributed by atoms with E-state index in [0.29, 0.717) is 5.41 Å². The van der Waals surface area contributed by atoms with E-state index in [1.165, 1.54) is 64.2 Å². The molecule has 4 unspecified atom stereocenters. The molecule has 3 heteroatoms. The lowest BCUT2D eigenvalue weighted by molar-refractivity contribution is -0.163. The predicted octanol–water partition coefficient (Wildman–Crippen LogP) is 5.56. The van der Waals surface area contributed by atoms with E-state index < -0.39 is 0 Å². The van der Waals surface area contributed by atoms with Crippen molar-refractivity contribution in [3.8, 4) is 0 Å². The van der Waals surface area contributed by atoms with E-state index in [1.54, 1.807) is 0 Å². The maximum absolute atomic E-state index is 12.3. The molecule has 3 nitrogen and oxygen atoms in total. The minimum atomic E-state index is -0.0269. The van der Waals surface area contributed by atoms with E-state index in [-0.39, 0.29) is 17.2 Å². The molecule has 1 amide bonds. The van der Waals surface area contributed by atoms with Crippen LogP contribution in [0.1, 0.15) is 91.4 Å². The van der Waals surface area contributed by atoms with Crippen molar-refractivity contribution in [3.05, 3.63) is 0 Å². The third-order valence-electron chi connectivity index (χ3n) is 10.3. The van der Waals surface area contributed by atoms with Crippen molar-refractivity contribution in [2.75, 3.05) is 13.2 Å². The minimum Gasteiger partial charge on any atom is -0.381 e. The topological polar surface area (TPSA) is 52.3 Å². The fourth-order valence-electron chi connectivity index (χ4n) is 8.95. The SMILES string of the molecule is CCOC[C@H]1CC[C@@]2(CC)C(CCC3C2CC[C@@]2(C)C3CCC[C@@H]2C(N)=O)C1. The Morgan fingerprint density at radius 3 is 2.57 bits per heavy atom. The van der Waals surface area contributed by atoms with E-state index >= 15 is 0 Å². The molecule has 4 aliphatic rings. The average Bonchev–Trinajstić information content (AvgIpc) is 2.70. The second-order valence-corrected chi connectivity index (χ2v) is 11.0. The van der Waals surface area contributed by atoms with E-state index in [2.05, 4.69) is 20.8 Å². The second kappa shape index (κ2) is 7.93. The van der Waals surface area contributed by atoms with Crippen LogP contribution in [0, 0.1) is 46.3 Å². The predicted molar refractivity (Wildman–Crippen MR) is 114 cm³/mol. The van der Waals surface area contributed by atoms with Crippen molar-refractivity contribution >= 4 is 5.91 Å². The van der Waals surface area contributed by atoms with Gasteiger partial charge < -0.3 is 10.5 Å². The number of hydrogen-bond donors (Lipinski definition) is 1. The Labute approximate surface area is 172 Å². The Kier molecular flexibility index (Phi) is 5.86. The number of amides is 1. The number of carbonyl (C=O) groups is 1. The summed E-state index contributed by atoms with van der Waals surface area (Å²) in [4.78, 5) is 12.3. The van der Waals surface area contributed by atoms with Crippen LogP contribution in [0.5, 0.6) is 0 Å². The molecular formula is C25H43NO2. The van der Waals surface area contributed by atoms with E-state index in [4.69, 9.17) is 10.5 Å². The van der Waals surface area contributed by atoms with Gasteiger partial charge in [0.25, 0.3) is 0 Å². The Hall–Kier alpha value is -0.570. The summed E-state index contributed by atoms with van der Waals surface area (Å²) in [5.74, 6) is 4.21. The maximum atomic E-state index is 12.3. The van der Waals surface area contributed by atoms with Crippen molar-refractivity contribution in [3.63, 3.8) is 0 Å². The zero-order valence-electron chi connectivity index (χ0n) is 18.6. The van der Waals surface area contributed by atoms with Crippen LogP contribution in [0.3, 0.4) is 0 Å². The molecule has 160 valence electrons. The lowest BCUT2D eigenvalue weighted by atomic mass is 9.40. The number of nitrogens with two attached hydrogens (primary N) is 1. The van der Waals surface area contributed by atoms with Crippen LogP contribution in [0.25, 0.3) is 0 Å². The molecule has 0 aliphatic heterocycles. The summed E-state index contributed by atoms with van der Waals surface area (Å²) in [5.41, 5.74) is 6.62. The van der Waals surface area contributed by atoms with E-state index in [9.17, 15) is 4.79 Å². The number of carbonyl (C=O) groups excluding carboxylic acids is 1. The average molecular weight is 390 g/mol. The zero-order valence-corrected chi connectivity index (χ0v) is 18.6. The summed E-state index contributed by atoms with van der Waals surface area (Å²) in [6, 6.07) is 0. The number of fused-ring (bicyclic) bond motifs is 5. The fourth-order valence-corrected chi connectivity index (χ4v) is 8.95. The highest BCUT2D eigenvalue weighted by molar-refractivity contribution is 5.77. The number of rotatable bonds is 5. The van der Waals surface area contributed by atoms with Crippen LogP contribution < -0.4 is 5.73 Å². The monoisotopic (exact) mass is 389 g/mol. The molecule has 0 heterocycles. The Balaban J connectivity index is 1.56. The van der Waals surface area contributed by atoms with Gasteiger partial charge in [0.1, 0.15) is 0 Å². The number of primary amides is 1. The third kappa shape index (κ3) is 3.15. The highest BCUT2D eigenvalue weighted by atomic mass is 16.5. The molecule has 2 N–H and O–H groups in total. The van der Waals surface area contributed by atoms with Gasteiger partial charge in [-0.1, -0.05) is 20.3 Å². The van der Waals surface area contributed by atoms with Crippen LogP contribution in [0.4, 0.5) is 0 Å². The quantitative estimate of drug-likeness (QED) is 0.669. The maximum Gasteiger partial charge on any atom is 0.221 e. The van der Waals surface area contributed by atoms with Gasteiger partial charge in [-0.3, -0.25) is 4.79 Å². The molecule has 8 atom stereocenters. The molecule has 4 fully saturated rings. The molecule has 0 radical (unpaired) electrons. The lowest BCUT2D eigenvalue weighted by Gasteiger charge is -2.64. The van der Waals surface area contributed by atoms with Gasteiger partial charge in [-0.05, 0) is 112 Å².